The molecule has 0 atom stereocenters. The SMILES string of the molecule is CCn1c(=O)c(C(=O)CN(Cc2ccc(C)o2)C(C)C)c(N)n(Cc2ccccc2)c1=O. The van der Waals surface area contributed by atoms with Crippen LogP contribution in [0.15, 0.2) is 56.5 Å². The molecule has 0 fully saturated rings. The summed E-state index contributed by atoms with van der Waals surface area (Å²) in [7, 11) is 0. The van der Waals surface area contributed by atoms with Gasteiger partial charge in [-0.1, -0.05) is 30.3 Å². The number of aryl methyl sites for hydroxylation is 1. The highest BCUT2D eigenvalue weighted by molar-refractivity contribution is 6.01. The number of carbonyl (C=O) groups is 1. The zero-order chi connectivity index (χ0) is 23.4. The highest BCUT2D eigenvalue weighted by atomic mass is 16.3. The molecule has 2 N–H and O–H groups in total. The van der Waals surface area contributed by atoms with Gasteiger partial charge in [0.05, 0.1) is 19.6 Å². The monoisotopic (exact) mass is 438 g/mol. The van der Waals surface area contributed by atoms with Gasteiger partial charge in [0, 0.05) is 12.6 Å². The van der Waals surface area contributed by atoms with Gasteiger partial charge in [-0.2, -0.15) is 0 Å². The summed E-state index contributed by atoms with van der Waals surface area (Å²) < 4.78 is 8.00. The molecule has 0 aliphatic heterocycles. The number of aromatic nitrogens is 2. The summed E-state index contributed by atoms with van der Waals surface area (Å²) >= 11 is 0. The van der Waals surface area contributed by atoms with Crippen molar-refractivity contribution >= 4 is 11.6 Å². The van der Waals surface area contributed by atoms with Crippen LogP contribution in [0.4, 0.5) is 5.82 Å². The summed E-state index contributed by atoms with van der Waals surface area (Å²) in [4.78, 5) is 41.1. The van der Waals surface area contributed by atoms with E-state index in [1.165, 1.54) is 4.57 Å². The van der Waals surface area contributed by atoms with E-state index in [0.717, 1.165) is 21.7 Å². The smallest absolute Gasteiger partial charge is 0.332 e. The Morgan fingerprint density at radius 3 is 2.34 bits per heavy atom. The highest BCUT2D eigenvalue weighted by Gasteiger charge is 2.25. The second kappa shape index (κ2) is 9.82. The number of hydrogen-bond donors (Lipinski definition) is 1. The Balaban J connectivity index is 1.99. The van der Waals surface area contributed by atoms with Gasteiger partial charge < -0.3 is 10.2 Å². The van der Waals surface area contributed by atoms with Gasteiger partial charge in [-0.15, -0.1) is 0 Å². The number of nitrogens with two attached hydrogens (primary N) is 1. The first-order chi connectivity index (χ1) is 15.2. The largest absolute Gasteiger partial charge is 0.465 e. The van der Waals surface area contributed by atoms with Crippen molar-refractivity contribution in [3.63, 3.8) is 0 Å². The Bertz CT molecular complexity index is 1200. The first kappa shape index (κ1) is 23.3. The lowest BCUT2D eigenvalue weighted by molar-refractivity contribution is 0.0887. The molecule has 0 aliphatic carbocycles. The van der Waals surface area contributed by atoms with Crippen LogP contribution in [0.3, 0.4) is 0 Å². The molecule has 8 nitrogen and oxygen atoms in total. The molecule has 0 aliphatic rings. The molecule has 0 bridgehead atoms. The number of rotatable bonds is 9. The van der Waals surface area contributed by atoms with Crippen molar-refractivity contribution in [2.75, 3.05) is 12.3 Å². The Labute approximate surface area is 186 Å². The predicted molar refractivity (Wildman–Crippen MR) is 124 cm³/mol. The van der Waals surface area contributed by atoms with E-state index >= 15 is 0 Å². The van der Waals surface area contributed by atoms with Gasteiger partial charge in [-0.05, 0) is 45.4 Å². The summed E-state index contributed by atoms with van der Waals surface area (Å²) in [5.41, 5.74) is 5.78. The van der Waals surface area contributed by atoms with Crippen molar-refractivity contribution < 1.29 is 9.21 Å². The number of furan rings is 1. The molecule has 0 unspecified atom stereocenters. The van der Waals surface area contributed by atoms with Crippen LogP contribution >= 0.6 is 0 Å². The lowest BCUT2D eigenvalue weighted by Gasteiger charge is -2.25. The van der Waals surface area contributed by atoms with Gasteiger partial charge in [0.2, 0.25) is 0 Å². The molecule has 0 radical (unpaired) electrons. The number of ketones is 1. The van der Waals surface area contributed by atoms with Crippen molar-refractivity contribution in [3.05, 3.63) is 86.0 Å². The number of benzene rings is 1. The first-order valence-corrected chi connectivity index (χ1v) is 10.7. The molecule has 170 valence electrons. The van der Waals surface area contributed by atoms with Crippen LogP contribution in [0.1, 0.15) is 48.2 Å². The minimum atomic E-state index is -0.651. The molecule has 0 saturated heterocycles. The fourth-order valence-electron chi connectivity index (χ4n) is 3.63. The molecule has 8 heteroatoms. The quantitative estimate of drug-likeness (QED) is 0.515. The van der Waals surface area contributed by atoms with Gasteiger partial charge in [0.25, 0.3) is 5.56 Å². The van der Waals surface area contributed by atoms with Gasteiger partial charge in [-0.3, -0.25) is 23.6 Å². The average Bonchev–Trinajstić information content (AvgIpc) is 3.16. The molecule has 32 heavy (non-hydrogen) atoms. The maximum Gasteiger partial charge on any atom is 0.332 e. The zero-order valence-corrected chi connectivity index (χ0v) is 19.0. The van der Waals surface area contributed by atoms with Crippen molar-refractivity contribution in [1.29, 1.82) is 0 Å². The van der Waals surface area contributed by atoms with E-state index in [0.29, 0.717) is 6.54 Å². The molecule has 0 saturated carbocycles. The summed E-state index contributed by atoms with van der Waals surface area (Å²) in [6.45, 7) is 8.20. The number of anilines is 1. The molecule has 0 amide bonds. The minimum Gasteiger partial charge on any atom is -0.465 e. The third-order valence-electron chi connectivity index (χ3n) is 5.48. The standard InChI is InChI=1S/C24H30N4O4/c1-5-27-23(30)21(22(25)28(24(27)31)13-18-9-7-6-8-10-18)20(29)15-26(16(2)3)14-19-12-11-17(4)32-19/h6-12,16H,5,13-15,25H2,1-4H3. The van der Waals surface area contributed by atoms with Crippen molar-refractivity contribution in [2.24, 2.45) is 0 Å². The van der Waals surface area contributed by atoms with Crippen LogP contribution in [0.25, 0.3) is 0 Å². The molecule has 3 rings (SSSR count). The maximum absolute atomic E-state index is 13.3. The van der Waals surface area contributed by atoms with Crippen LogP contribution in [-0.4, -0.2) is 32.4 Å². The van der Waals surface area contributed by atoms with Gasteiger partial charge in [-0.25, -0.2) is 4.79 Å². The topological polar surface area (TPSA) is 103 Å². The minimum absolute atomic E-state index is 0.0224. The van der Waals surface area contributed by atoms with E-state index in [1.54, 1.807) is 6.92 Å². The van der Waals surface area contributed by atoms with Gasteiger partial charge in [0.1, 0.15) is 22.9 Å². The van der Waals surface area contributed by atoms with Gasteiger partial charge in [0.15, 0.2) is 5.78 Å². The fourth-order valence-corrected chi connectivity index (χ4v) is 3.63. The van der Waals surface area contributed by atoms with Crippen LogP contribution in [-0.2, 0) is 19.6 Å². The predicted octanol–water partition coefficient (Wildman–Crippen LogP) is 2.66. The van der Waals surface area contributed by atoms with Gasteiger partial charge >= 0.3 is 5.69 Å². The van der Waals surface area contributed by atoms with Crippen LogP contribution < -0.4 is 17.0 Å². The molecule has 0 spiro atoms. The number of Topliss-reactive ketones (excluding diaryl/α,β-unsaturated/α-hetero) is 1. The fraction of sp³-hybridized carbons (Fsp3) is 0.375. The number of carbonyl (C=O) groups excluding carboxylic acids is 1. The number of nitrogen functional groups attached to an aromatic ring is 1. The number of hydrogen-bond acceptors (Lipinski definition) is 6. The molecule has 3 aromatic rings. The van der Waals surface area contributed by atoms with E-state index in [2.05, 4.69) is 0 Å². The Hall–Kier alpha value is -3.39. The van der Waals surface area contributed by atoms with E-state index in [-0.39, 0.29) is 37.1 Å². The van der Waals surface area contributed by atoms with Crippen LogP contribution in [0.2, 0.25) is 0 Å². The Morgan fingerprint density at radius 2 is 1.78 bits per heavy atom. The summed E-state index contributed by atoms with van der Waals surface area (Å²) in [5, 5.41) is 0. The summed E-state index contributed by atoms with van der Waals surface area (Å²) in [5.74, 6) is 1.000. The molecule has 2 heterocycles. The average molecular weight is 439 g/mol. The van der Waals surface area contributed by atoms with Crippen molar-refractivity contribution in [2.45, 2.75) is 53.4 Å². The Morgan fingerprint density at radius 1 is 1.09 bits per heavy atom. The second-order valence-corrected chi connectivity index (χ2v) is 8.10. The van der Waals surface area contributed by atoms with Crippen molar-refractivity contribution in [3.8, 4) is 0 Å². The first-order valence-electron chi connectivity index (χ1n) is 10.7. The molecular formula is C24H30N4O4. The second-order valence-electron chi connectivity index (χ2n) is 8.10. The highest BCUT2D eigenvalue weighted by Crippen LogP contribution is 2.15. The Kier molecular flexibility index (Phi) is 7.15. The molecule has 2 aromatic heterocycles. The van der Waals surface area contributed by atoms with Crippen LogP contribution in [0, 0.1) is 6.92 Å². The third-order valence-corrected chi connectivity index (χ3v) is 5.48. The molecule has 1 aromatic carbocycles. The number of nitrogens with zero attached hydrogens (tertiary/aromatic N) is 3. The maximum atomic E-state index is 13.3. The van der Waals surface area contributed by atoms with E-state index in [1.807, 2.05) is 68.1 Å². The third kappa shape index (κ3) is 4.91. The molecular weight excluding hydrogens is 408 g/mol. The summed E-state index contributed by atoms with van der Waals surface area (Å²) in [6, 6.07) is 13.1. The van der Waals surface area contributed by atoms with E-state index < -0.39 is 17.0 Å². The van der Waals surface area contributed by atoms with Crippen LogP contribution in [0.5, 0.6) is 0 Å². The lowest BCUT2D eigenvalue weighted by atomic mass is 10.1. The summed E-state index contributed by atoms with van der Waals surface area (Å²) in [6.07, 6.45) is 0. The van der Waals surface area contributed by atoms with E-state index in [4.69, 9.17) is 10.2 Å². The van der Waals surface area contributed by atoms with Crippen molar-refractivity contribution in [1.82, 2.24) is 14.0 Å². The normalized spacial score (nSPS) is 11.4. The van der Waals surface area contributed by atoms with E-state index in [9.17, 15) is 14.4 Å². The zero-order valence-electron chi connectivity index (χ0n) is 19.0. The lowest BCUT2D eigenvalue weighted by Crippen LogP contribution is -2.45.